The lowest BCUT2D eigenvalue weighted by Gasteiger charge is -2.15. The molecule has 2 bridgehead atoms. The molecule has 0 unspecified atom stereocenters. The molecule has 19 heavy (non-hydrogen) atoms. The summed E-state index contributed by atoms with van der Waals surface area (Å²) >= 11 is 0. The summed E-state index contributed by atoms with van der Waals surface area (Å²) in [6.45, 7) is 1.96. The lowest BCUT2D eigenvalue weighted by atomic mass is 9.89. The van der Waals surface area contributed by atoms with Gasteiger partial charge in [-0.25, -0.2) is 0 Å². The van der Waals surface area contributed by atoms with E-state index in [9.17, 15) is 9.59 Å². The number of rotatable bonds is 2. The van der Waals surface area contributed by atoms with Crippen LogP contribution in [0.2, 0.25) is 0 Å². The van der Waals surface area contributed by atoms with Crippen molar-refractivity contribution in [3.8, 4) is 0 Å². The average Bonchev–Trinajstić information content (AvgIpc) is 2.37. The van der Waals surface area contributed by atoms with Crippen molar-refractivity contribution < 1.29 is 9.59 Å². The van der Waals surface area contributed by atoms with Crippen LogP contribution in [-0.4, -0.2) is 11.8 Å². The highest BCUT2D eigenvalue weighted by Gasteiger charge is 2.18. The van der Waals surface area contributed by atoms with Crippen LogP contribution in [0.5, 0.6) is 0 Å². The van der Waals surface area contributed by atoms with Crippen LogP contribution in [0.25, 0.3) is 21.5 Å². The van der Waals surface area contributed by atoms with Gasteiger partial charge in [-0.1, -0.05) is 18.2 Å². The summed E-state index contributed by atoms with van der Waals surface area (Å²) in [5, 5.41) is 3.24. The Labute approximate surface area is 109 Å². The Balaban J connectivity index is 2.63. The number of carbonyl (C=O) groups excluding carboxylic acids is 2. The molecule has 0 radical (unpaired) electrons. The normalized spacial score (nSPS) is 11.2. The van der Waals surface area contributed by atoms with Gasteiger partial charge in [0.1, 0.15) is 0 Å². The van der Waals surface area contributed by atoms with E-state index in [0.29, 0.717) is 16.5 Å². The van der Waals surface area contributed by atoms with Crippen LogP contribution in [0.1, 0.15) is 26.3 Å². The largest absolute Gasteiger partial charge is 0.366 e. The van der Waals surface area contributed by atoms with E-state index in [0.717, 1.165) is 21.7 Å². The van der Waals surface area contributed by atoms with Crippen LogP contribution in [0.3, 0.4) is 0 Å². The quantitative estimate of drug-likeness (QED) is 0.730. The Morgan fingerprint density at radius 1 is 0.895 bits per heavy atom. The minimum absolute atomic E-state index is 0.417. The number of hydrogen-bond donors (Lipinski definition) is 2. The minimum Gasteiger partial charge on any atom is -0.366 e. The maximum atomic E-state index is 11.6. The van der Waals surface area contributed by atoms with Crippen LogP contribution in [-0.2, 0) is 0 Å². The Morgan fingerprint density at radius 3 is 2.00 bits per heavy atom. The SMILES string of the molecule is Cc1cc2ccc1c1c(C(N)=O)ccc(C(N)=O)c21. The summed E-state index contributed by atoms with van der Waals surface area (Å²) in [7, 11) is 0. The number of fused-ring (bicyclic) bond motifs is 2. The van der Waals surface area contributed by atoms with Crippen molar-refractivity contribution in [3.05, 3.63) is 47.0 Å². The predicted molar refractivity (Wildman–Crippen MR) is 74.4 cm³/mol. The number of primary amides is 2. The first-order valence-corrected chi connectivity index (χ1v) is 5.88. The molecule has 4 heteroatoms. The van der Waals surface area contributed by atoms with E-state index in [1.54, 1.807) is 12.1 Å². The molecule has 4 N–H and O–H groups in total. The van der Waals surface area contributed by atoms with Crippen LogP contribution in [0, 0.1) is 6.92 Å². The number of carbonyl (C=O) groups is 2. The second-order valence-electron chi connectivity index (χ2n) is 4.67. The van der Waals surface area contributed by atoms with Crippen LogP contribution >= 0.6 is 0 Å². The summed E-state index contributed by atoms with van der Waals surface area (Å²) in [6.07, 6.45) is 0. The van der Waals surface area contributed by atoms with Gasteiger partial charge in [0, 0.05) is 21.9 Å². The Hall–Kier alpha value is -2.62. The van der Waals surface area contributed by atoms with Crippen molar-refractivity contribution in [2.75, 3.05) is 0 Å². The number of hydrogen-bond acceptors (Lipinski definition) is 2. The molecule has 0 saturated heterocycles. The molecule has 0 atom stereocenters. The molecule has 0 heterocycles. The van der Waals surface area contributed by atoms with E-state index in [1.807, 2.05) is 25.1 Å². The highest BCUT2D eigenvalue weighted by molar-refractivity contribution is 6.24. The van der Waals surface area contributed by atoms with Gasteiger partial charge in [-0.05, 0) is 35.4 Å². The highest BCUT2D eigenvalue weighted by Crippen LogP contribution is 2.35. The first-order valence-electron chi connectivity index (χ1n) is 5.88. The van der Waals surface area contributed by atoms with Crippen LogP contribution in [0.15, 0.2) is 30.3 Å². The van der Waals surface area contributed by atoms with E-state index < -0.39 is 11.8 Å². The Kier molecular flexibility index (Phi) is 2.22. The van der Waals surface area contributed by atoms with Crippen molar-refractivity contribution in [1.82, 2.24) is 0 Å². The summed E-state index contributed by atoms with van der Waals surface area (Å²) in [5.74, 6) is -1.01. The fourth-order valence-electron chi connectivity index (χ4n) is 2.69. The third-order valence-electron chi connectivity index (χ3n) is 3.52. The van der Waals surface area contributed by atoms with E-state index in [2.05, 4.69) is 0 Å². The fourth-order valence-corrected chi connectivity index (χ4v) is 2.69. The van der Waals surface area contributed by atoms with E-state index in [1.165, 1.54) is 0 Å². The van der Waals surface area contributed by atoms with Gasteiger partial charge < -0.3 is 11.5 Å². The second-order valence-corrected chi connectivity index (χ2v) is 4.67. The predicted octanol–water partition coefficient (Wildman–Crippen LogP) is 1.94. The summed E-state index contributed by atoms with van der Waals surface area (Å²) in [4.78, 5) is 23.1. The number of amides is 2. The Bertz CT molecular complexity index is 837. The monoisotopic (exact) mass is 252 g/mol. The van der Waals surface area contributed by atoms with Gasteiger partial charge in [0.05, 0.1) is 0 Å². The van der Waals surface area contributed by atoms with Gasteiger partial charge in [0.25, 0.3) is 0 Å². The summed E-state index contributed by atoms with van der Waals surface area (Å²) < 4.78 is 0. The number of benzene rings is 4. The molecule has 4 nitrogen and oxygen atoms in total. The Morgan fingerprint density at radius 2 is 1.47 bits per heavy atom. The smallest absolute Gasteiger partial charge is 0.249 e. The minimum atomic E-state index is -0.507. The molecule has 0 aromatic heterocycles. The third kappa shape index (κ3) is 1.46. The van der Waals surface area contributed by atoms with Gasteiger partial charge >= 0.3 is 0 Å². The van der Waals surface area contributed by atoms with E-state index >= 15 is 0 Å². The number of aryl methyl sites for hydroxylation is 1. The highest BCUT2D eigenvalue weighted by atomic mass is 16.1. The molecule has 0 fully saturated rings. The molecule has 2 amide bonds. The van der Waals surface area contributed by atoms with Crippen molar-refractivity contribution in [2.45, 2.75) is 6.92 Å². The van der Waals surface area contributed by atoms with E-state index in [-0.39, 0.29) is 0 Å². The topological polar surface area (TPSA) is 86.2 Å². The van der Waals surface area contributed by atoms with Crippen LogP contribution < -0.4 is 11.5 Å². The van der Waals surface area contributed by atoms with Crippen molar-refractivity contribution in [3.63, 3.8) is 0 Å². The van der Waals surface area contributed by atoms with Gasteiger partial charge in [-0.2, -0.15) is 0 Å². The van der Waals surface area contributed by atoms with Gasteiger partial charge in [-0.15, -0.1) is 0 Å². The first-order chi connectivity index (χ1) is 9.00. The fraction of sp³-hybridized carbons (Fsp3) is 0.0667. The van der Waals surface area contributed by atoms with Crippen molar-refractivity contribution in [1.29, 1.82) is 0 Å². The standard InChI is InChI=1S/C15H12N2O2/c1-7-6-8-2-3-9(7)13-11(15(17)19)5-4-10(12(8)13)14(16)18/h2-6H,1H3,(H2,16,18)(H2,17,19). The number of nitrogens with two attached hydrogens (primary N) is 2. The zero-order chi connectivity index (χ0) is 13.7. The maximum absolute atomic E-state index is 11.6. The van der Waals surface area contributed by atoms with E-state index in [4.69, 9.17) is 11.5 Å². The molecule has 0 aliphatic heterocycles. The lowest BCUT2D eigenvalue weighted by molar-refractivity contribution is 0.0990. The molecule has 0 spiro atoms. The zero-order valence-electron chi connectivity index (χ0n) is 10.4. The molecule has 0 aliphatic rings. The molecular formula is C15H12N2O2. The van der Waals surface area contributed by atoms with Gasteiger partial charge in [-0.3, -0.25) is 9.59 Å². The summed E-state index contributed by atoms with van der Waals surface area (Å²) in [6, 6.07) is 8.96. The third-order valence-corrected chi connectivity index (χ3v) is 3.52. The summed E-state index contributed by atoms with van der Waals surface area (Å²) in [5.41, 5.74) is 12.7. The van der Waals surface area contributed by atoms with Crippen molar-refractivity contribution in [2.24, 2.45) is 11.5 Å². The molecule has 94 valence electrons. The molecule has 4 aromatic rings. The van der Waals surface area contributed by atoms with Crippen molar-refractivity contribution >= 4 is 33.4 Å². The van der Waals surface area contributed by atoms with Crippen LogP contribution in [0.4, 0.5) is 0 Å². The maximum Gasteiger partial charge on any atom is 0.249 e. The second kappa shape index (κ2) is 3.68. The molecule has 0 aliphatic carbocycles. The van der Waals surface area contributed by atoms with Gasteiger partial charge in [0.2, 0.25) is 11.8 Å². The molecule has 0 saturated carbocycles. The lowest BCUT2D eigenvalue weighted by Crippen LogP contribution is -2.16. The van der Waals surface area contributed by atoms with Gasteiger partial charge in [0.15, 0.2) is 0 Å². The first kappa shape index (κ1) is 11.5. The average molecular weight is 252 g/mol. The molecule has 4 aromatic carbocycles. The molecular weight excluding hydrogens is 240 g/mol. The zero-order valence-corrected chi connectivity index (χ0v) is 10.4. The molecule has 4 rings (SSSR count).